The Kier molecular flexibility index (Phi) is 6.27. The molecule has 180 valence electrons. The van der Waals surface area contributed by atoms with Crippen molar-refractivity contribution < 1.29 is 28.6 Å². The number of hydrogen-bond donors (Lipinski definition) is 1. The number of aromatic hydroxyl groups is 1. The van der Waals surface area contributed by atoms with Gasteiger partial charge in [0, 0.05) is 31.7 Å². The quantitative estimate of drug-likeness (QED) is 0.546. The number of phenolic OH excluding ortho intramolecular Hbond substituents is 1. The molecule has 0 spiro atoms. The van der Waals surface area contributed by atoms with E-state index in [-0.39, 0.29) is 29.0 Å². The Morgan fingerprint density at radius 2 is 1.29 bits per heavy atom. The molecule has 2 aliphatic heterocycles. The molecule has 34 heavy (non-hydrogen) atoms. The van der Waals surface area contributed by atoms with Crippen LogP contribution in [0.15, 0.2) is 16.7 Å². The summed E-state index contributed by atoms with van der Waals surface area (Å²) in [5.41, 5.74) is 0.515. The second-order valence-electron chi connectivity index (χ2n) is 7.61. The van der Waals surface area contributed by atoms with Gasteiger partial charge in [0.2, 0.25) is 29.3 Å². The third-order valence-electron chi connectivity index (χ3n) is 5.55. The molecule has 0 aliphatic carbocycles. The number of methoxy groups -OCH3 is 2. The number of ether oxygens (including phenoxy) is 4. The van der Waals surface area contributed by atoms with Crippen LogP contribution in [0.5, 0.6) is 17.2 Å². The van der Waals surface area contributed by atoms with Crippen LogP contribution >= 0.6 is 0 Å². The molecule has 4 heterocycles. The molecule has 0 radical (unpaired) electrons. The van der Waals surface area contributed by atoms with Gasteiger partial charge in [-0.2, -0.15) is 19.9 Å². The fourth-order valence-corrected chi connectivity index (χ4v) is 3.71. The summed E-state index contributed by atoms with van der Waals surface area (Å²) in [5.74, 6) is 2.11. The van der Waals surface area contributed by atoms with Gasteiger partial charge in [0.15, 0.2) is 11.5 Å². The molecule has 2 aromatic heterocycles. The Labute approximate surface area is 195 Å². The first-order valence-electron chi connectivity index (χ1n) is 10.9. The largest absolute Gasteiger partial charge is 0.502 e. The minimum Gasteiger partial charge on any atom is -0.502 e. The highest BCUT2D eigenvalue weighted by molar-refractivity contribution is 5.66. The summed E-state index contributed by atoms with van der Waals surface area (Å²) >= 11 is 0. The van der Waals surface area contributed by atoms with Gasteiger partial charge in [0.25, 0.3) is 5.89 Å². The van der Waals surface area contributed by atoms with Crippen molar-refractivity contribution >= 4 is 11.9 Å². The Hall–Kier alpha value is -3.71. The molecule has 13 heteroatoms. The van der Waals surface area contributed by atoms with Crippen molar-refractivity contribution in [2.75, 3.05) is 76.6 Å². The van der Waals surface area contributed by atoms with Crippen LogP contribution < -0.4 is 19.3 Å². The van der Waals surface area contributed by atoms with Crippen LogP contribution in [0.1, 0.15) is 0 Å². The summed E-state index contributed by atoms with van der Waals surface area (Å²) < 4.78 is 26.9. The lowest BCUT2D eigenvalue weighted by atomic mass is 10.2. The van der Waals surface area contributed by atoms with E-state index in [4.69, 9.17) is 28.5 Å². The van der Waals surface area contributed by atoms with Gasteiger partial charge in [-0.25, -0.2) is 0 Å². The molecule has 0 bridgehead atoms. The standard InChI is InChI=1S/C21H25N7O6/c1-30-14-11-13(12-15(31-2)16(14)29)19-22-18(26-34-19)17-23-20(27-3-7-32-8-4-27)25-21(24-17)28-5-9-33-10-6-28/h11-12,29H,3-10H2,1-2H3. The summed E-state index contributed by atoms with van der Waals surface area (Å²) in [6, 6.07) is 3.17. The van der Waals surface area contributed by atoms with Gasteiger partial charge in [-0.05, 0) is 12.1 Å². The van der Waals surface area contributed by atoms with Crippen LogP contribution in [-0.4, -0.2) is 97.0 Å². The van der Waals surface area contributed by atoms with E-state index in [2.05, 4.69) is 29.9 Å². The van der Waals surface area contributed by atoms with Crippen molar-refractivity contribution in [2.24, 2.45) is 0 Å². The van der Waals surface area contributed by atoms with Crippen LogP contribution in [0.3, 0.4) is 0 Å². The van der Waals surface area contributed by atoms with Gasteiger partial charge in [-0.1, -0.05) is 5.16 Å². The predicted molar refractivity (Wildman–Crippen MR) is 119 cm³/mol. The first-order valence-corrected chi connectivity index (χ1v) is 10.9. The predicted octanol–water partition coefficient (Wildman–Crippen LogP) is 0.985. The number of phenols is 1. The number of anilines is 2. The summed E-state index contributed by atoms with van der Waals surface area (Å²) in [7, 11) is 2.89. The average Bonchev–Trinajstić information content (AvgIpc) is 3.40. The van der Waals surface area contributed by atoms with E-state index in [1.165, 1.54) is 14.2 Å². The summed E-state index contributed by atoms with van der Waals surface area (Å²) in [4.78, 5) is 22.5. The summed E-state index contributed by atoms with van der Waals surface area (Å²) in [6.45, 7) is 5.12. The van der Waals surface area contributed by atoms with Gasteiger partial charge >= 0.3 is 0 Å². The molecule has 2 fully saturated rings. The van der Waals surface area contributed by atoms with Crippen molar-refractivity contribution in [1.29, 1.82) is 0 Å². The lowest BCUT2D eigenvalue weighted by Gasteiger charge is -2.30. The molecule has 5 rings (SSSR count). The zero-order chi connectivity index (χ0) is 23.5. The number of aromatic nitrogens is 5. The van der Waals surface area contributed by atoms with Crippen LogP contribution in [0.2, 0.25) is 0 Å². The van der Waals surface area contributed by atoms with Crippen LogP contribution in [0.4, 0.5) is 11.9 Å². The van der Waals surface area contributed by atoms with Gasteiger partial charge < -0.3 is 38.4 Å². The van der Waals surface area contributed by atoms with E-state index in [0.29, 0.717) is 75.9 Å². The van der Waals surface area contributed by atoms with Crippen molar-refractivity contribution in [1.82, 2.24) is 25.1 Å². The maximum Gasteiger partial charge on any atom is 0.258 e. The van der Waals surface area contributed by atoms with E-state index < -0.39 is 0 Å². The maximum absolute atomic E-state index is 10.2. The third kappa shape index (κ3) is 4.39. The average molecular weight is 471 g/mol. The molecule has 0 saturated carbocycles. The van der Waals surface area contributed by atoms with Crippen molar-refractivity contribution in [3.8, 4) is 40.4 Å². The fourth-order valence-electron chi connectivity index (χ4n) is 3.71. The summed E-state index contributed by atoms with van der Waals surface area (Å²) in [5, 5.41) is 14.3. The smallest absolute Gasteiger partial charge is 0.258 e. The van der Waals surface area contributed by atoms with Crippen LogP contribution in [-0.2, 0) is 9.47 Å². The van der Waals surface area contributed by atoms with Crippen LogP contribution in [0, 0.1) is 0 Å². The molecule has 2 aliphatic rings. The lowest BCUT2D eigenvalue weighted by Crippen LogP contribution is -2.40. The number of morpholine rings is 2. The number of rotatable bonds is 6. The lowest BCUT2D eigenvalue weighted by molar-refractivity contribution is 0.121. The maximum atomic E-state index is 10.2. The first kappa shape index (κ1) is 22.1. The molecular weight excluding hydrogens is 446 g/mol. The van der Waals surface area contributed by atoms with Gasteiger partial charge in [0.05, 0.1) is 40.6 Å². The van der Waals surface area contributed by atoms with E-state index in [1.54, 1.807) is 12.1 Å². The van der Waals surface area contributed by atoms with Crippen LogP contribution in [0.25, 0.3) is 23.1 Å². The van der Waals surface area contributed by atoms with E-state index >= 15 is 0 Å². The summed E-state index contributed by atoms with van der Waals surface area (Å²) in [6.07, 6.45) is 0. The zero-order valence-electron chi connectivity index (χ0n) is 18.9. The van der Waals surface area contributed by atoms with Gasteiger partial charge in [-0.3, -0.25) is 0 Å². The molecule has 0 atom stereocenters. The molecule has 2 saturated heterocycles. The fraction of sp³-hybridized carbons (Fsp3) is 0.476. The van der Waals surface area contributed by atoms with E-state index in [0.717, 1.165) is 0 Å². The number of hydrogen-bond acceptors (Lipinski definition) is 13. The minimum atomic E-state index is -0.115. The normalized spacial score (nSPS) is 16.5. The Balaban J connectivity index is 1.52. The second-order valence-corrected chi connectivity index (χ2v) is 7.61. The highest BCUT2D eigenvalue weighted by Crippen LogP contribution is 2.40. The topological polar surface area (TPSA) is 141 Å². The van der Waals surface area contributed by atoms with Crippen molar-refractivity contribution in [3.05, 3.63) is 12.1 Å². The molecule has 3 aromatic rings. The molecule has 13 nitrogen and oxygen atoms in total. The second kappa shape index (κ2) is 9.65. The molecule has 1 aromatic carbocycles. The van der Waals surface area contributed by atoms with Gasteiger partial charge in [-0.15, -0.1) is 0 Å². The Morgan fingerprint density at radius 1 is 0.765 bits per heavy atom. The highest BCUT2D eigenvalue weighted by atomic mass is 16.5. The molecule has 0 amide bonds. The van der Waals surface area contributed by atoms with E-state index in [9.17, 15) is 5.11 Å². The van der Waals surface area contributed by atoms with Crippen molar-refractivity contribution in [3.63, 3.8) is 0 Å². The zero-order valence-corrected chi connectivity index (χ0v) is 18.9. The highest BCUT2D eigenvalue weighted by Gasteiger charge is 2.24. The number of benzene rings is 1. The van der Waals surface area contributed by atoms with Gasteiger partial charge in [0.1, 0.15) is 0 Å². The molecular formula is C21H25N7O6. The molecule has 1 N–H and O–H groups in total. The van der Waals surface area contributed by atoms with E-state index in [1.807, 2.05) is 0 Å². The first-order chi connectivity index (χ1) is 16.7. The number of nitrogens with zero attached hydrogens (tertiary/aromatic N) is 7. The Morgan fingerprint density at radius 3 is 1.79 bits per heavy atom. The molecule has 0 unspecified atom stereocenters. The Bertz CT molecular complexity index is 1080. The minimum absolute atomic E-state index is 0.115. The van der Waals surface area contributed by atoms with Crippen molar-refractivity contribution in [2.45, 2.75) is 0 Å². The SMILES string of the molecule is COc1cc(-c2nc(-c3nc(N4CCOCC4)nc(N4CCOCC4)n3)no2)cc(OC)c1O. The third-order valence-corrected chi connectivity index (χ3v) is 5.55. The monoisotopic (exact) mass is 471 g/mol.